The van der Waals surface area contributed by atoms with Crippen LogP contribution in [0.2, 0.25) is 0 Å². The molecule has 0 radical (unpaired) electrons. The maximum Gasteiger partial charge on any atom is 0.406 e. The molecule has 3 aromatic rings. The molecule has 2 aromatic carbocycles. The number of alkyl halides is 3. The van der Waals surface area contributed by atoms with E-state index in [1.807, 2.05) is 36.4 Å². The van der Waals surface area contributed by atoms with Crippen LogP contribution in [-0.4, -0.2) is 47.8 Å². The Morgan fingerprint density at radius 1 is 1.07 bits per heavy atom. The highest BCUT2D eigenvalue weighted by atomic mass is 19.4. The van der Waals surface area contributed by atoms with Gasteiger partial charge in [0.1, 0.15) is 35.6 Å². The number of rotatable bonds is 7. The van der Waals surface area contributed by atoms with Gasteiger partial charge in [0.15, 0.2) is 0 Å². The van der Waals surface area contributed by atoms with Crippen LogP contribution in [-0.2, 0) is 16.0 Å². The van der Waals surface area contributed by atoms with Crippen LogP contribution >= 0.6 is 0 Å². The summed E-state index contributed by atoms with van der Waals surface area (Å²) < 4.78 is 67.0. The van der Waals surface area contributed by atoms with Gasteiger partial charge >= 0.3 is 6.18 Å². The summed E-state index contributed by atoms with van der Waals surface area (Å²) in [6.45, 7) is -1.54. The zero-order valence-corrected chi connectivity index (χ0v) is 22.3. The van der Waals surface area contributed by atoms with Gasteiger partial charge in [0, 0.05) is 28.9 Å². The molecule has 0 bridgehead atoms. The van der Waals surface area contributed by atoms with Gasteiger partial charge in [-0.2, -0.15) is 13.2 Å². The van der Waals surface area contributed by atoms with Crippen molar-refractivity contribution in [2.75, 3.05) is 31.0 Å². The molecule has 1 aliphatic heterocycles. The SMILES string of the molecule is COC1=CC(c2cn(C3CCc4c(F)cccc4N(CC(F)(F)F)C3=O)nn2)=CC=C(Nc2ccc(OC)cc2)C1. The monoisotopic (exact) mass is 569 g/mol. The second kappa shape index (κ2) is 11.5. The molecule has 41 heavy (non-hydrogen) atoms. The number of allylic oxidation sites excluding steroid dienone is 4. The number of anilines is 2. The molecule has 8 nitrogen and oxygen atoms in total. The Hall–Kier alpha value is -4.61. The highest BCUT2D eigenvalue weighted by Gasteiger charge is 2.40. The van der Waals surface area contributed by atoms with Gasteiger partial charge in [0.25, 0.3) is 5.91 Å². The minimum Gasteiger partial charge on any atom is -0.501 e. The molecular weight excluding hydrogens is 542 g/mol. The summed E-state index contributed by atoms with van der Waals surface area (Å²) in [5, 5.41) is 11.6. The smallest absolute Gasteiger partial charge is 0.406 e. The van der Waals surface area contributed by atoms with Crippen molar-refractivity contribution in [2.24, 2.45) is 0 Å². The van der Waals surface area contributed by atoms with E-state index in [4.69, 9.17) is 9.47 Å². The molecule has 2 heterocycles. The molecule has 2 aliphatic rings. The van der Waals surface area contributed by atoms with Gasteiger partial charge in [-0.25, -0.2) is 9.07 Å². The van der Waals surface area contributed by atoms with Crippen molar-refractivity contribution >= 4 is 22.9 Å². The van der Waals surface area contributed by atoms with Crippen LogP contribution in [0.4, 0.5) is 28.9 Å². The number of carbonyl (C=O) groups excluding carboxylic acids is 1. The number of hydrogen-bond donors (Lipinski definition) is 1. The topological polar surface area (TPSA) is 81.5 Å². The van der Waals surface area contributed by atoms with E-state index in [1.54, 1.807) is 20.3 Å². The third-order valence-corrected chi connectivity index (χ3v) is 6.87. The Morgan fingerprint density at radius 2 is 1.85 bits per heavy atom. The van der Waals surface area contributed by atoms with Crippen LogP contribution in [0.25, 0.3) is 5.57 Å². The summed E-state index contributed by atoms with van der Waals surface area (Å²) in [5.41, 5.74) is 2.69. The van der Waals surface area contributed by atoms with Gasteiger partial charge in [0.2, 0.25) is 0 Å². The van der Waals surface area contributed by atoms with Crippen molar-refractivity contribution in [1.29, 1.82) is 0 Å². The number of amides is 1. The normalized spacial score (nSPS) is 17.5. The van der Waals surface area contributed by atoms with Gasteiger partial charge in [-0.15, -0.1) is 5.10 Å². The summed E-state index contributed by atoms with van der Waals surface area (Å²) in [7, 11) is 3.14. The number of ether oxygens (including phenoxy) is 2. The number of benzene rings is 2. The van der Waals surface area contributed by atoms with E-state index in [0.717, 1.165) is 17.1 Å². The predicted molar refractivity (Wildman–Crippen MR) is 145 cm³/mol. The van der Waals surface area contributed by atoms with Gasteiger partial charge < -0.3 is 19.7 Å². The van der Waals surface area contributed by atoms with Crippen molar-refractivity contribution in [3.8, 4) is 5.75 Å². The molecule has 5 rings (SSSR count). The number of nitrogens with zero attached hydrogens (tertiary/aromatic N) is 4. The van der Waals surface area contributed by atoms with Crippen LogP contribution in [0.3, 0.4) is 0 Å². The van der Waals surface area contributed by atoms with E-state index in [1.165, 1.54) is 29.1 Å². The third kappa shape index (κ3) is 6.26. The van der Waals surface area contributed by atoms with Crippen molar-refractivity contribution in [1.82, 2.24) is 15.0 Å². The lowest BCUT2D eigenvalue weighted by atomic mass is 10.1. The van der Waals surface area contributed by atoms with E-state index in [0.29, 0.717) is 28.3 Å². The van der Waals surface area contributed by atoms with Gasteiger partial charge in [-0.05, 0) is 61.4 Å². The lowest BCUT2D eigenvalue weighted by molar-refractivity contribution is -0.134. The Morgan fingerprint density at radius 3 is 2.56 bits per heavy atom. The van der Waals surface area contributed by atoms with Crippen LogP contribution < -0.4 is 15.0 Å². The molecule has 1 aromatic heterocycles. The summed E-state index contributed by atoms with van der Waals surface area (Å²) in [6, 6.07) is 10.1. The van der Waals surface area contributed by atoms with E-state index in [9.17, 15) is 22.4 Å². The molecule has 0 fully saturated rings. The molecular formula is C29H27F4N5O3. The highest BCUT2D eigenvalue weighted by Crippen LogP contribution is 2.35. The molecule has 1 amide bonds. The first-order valence-electron chi connectivity index (χ1n) is 12.8. The summed E-state index contributed by atoms with van der Waals surface area (Å²) in [4.78, 5) is 14.0. The van der Waals surface area contributed by atoms with E-state index in [-0.39, 0.29) is 24.1 Å². The first-order valence-corrected chi connectivity index (χ1v) is 12.8. The van der Waals surface area contributed by atoms with Gasteiger partial charge in [0.05, 0.1) is 26.1 Å². The highest BCUT2D eigenvalue weighted by molar-refractivity contribution is 5.97. The minimum atomic E-state index is -4.68. The molecule has 1 atom stereocenters. The maximum absolute atomic E-state index is 14.6. The molecule has 0 spiro atoms. The zero-order chi connectivity index (χ0) is 29.1. The molecule has 0 saturated carbocycles. The van der Waals surface area contributed by atoms with Crippen molar-refractivity contribution < 1.29 is 31.8 Å². The lowest BCUT2D eigenvalue weighted by Crippen LogP contribution is -2.42. The van der Waals surface area contributed by atoms with Crippen molar-refractivity contribution in [3.05, 3.63) is 95.4 Å². The second-order valence-corrected chi connectivity index (χ2v) is 9.57. The molecule has 214 valence electrons. The Balaban J connectivity index is 1.42. The van der Waals surface area contributed by atoms with E-state index >= 15 is 0 Å². The molecule has 12 heteroatoms. The van der Waals surface area contributed by atoms with Crippen LogP contribution in [0.15, 0.2) is 78.3 Å². The second-order valence-electron chi connectivity index (χ2n) is 9.57. The maximum atomic E-state index is 14.6. The fraction of sp³-hybridized carbons (Fsp3) is 0.276. The van der Waals surface area contributed by atoms with Crippen LogP contribution in [0.1, 0.15) is 30.1 Å². The number of carbonyl (C=O) groups is 1. The van der Waals surface area contributed by atoms with Crippen molar-refractivity contribution in [2.45, 2.75) is 31.5 Å². The summed E-state index contributed by atoms with van der Waals surface area (Å²) >= 11 is 0. The number of methoxy groups -OCH3 is 2. The fourth-order valence-electron chi connectivity index (χ4n) is 4.85. The zero-order valence-electron chi connectivity index (χ0n) is 22.3. The average molecular weight is 570 g/mol. The first kappa shape index (κ1) is 27.9. The molecule has 1 aliphatic carbocycles. The fourth-order valence-corrected chi connectivity index (χ4v) is 4.85. The lowest BCUT2D eigenvalue weighted by Gasteiger charge is -2.26. The molecule has 0 saturated heterocycles. The van der Waals surface area contributed by atoms with E-state index in [2.05, 4.69) is 15.6 Å². The largest absolute Gasteiger partial charge is 0.501 e. The quantitative estimate of drug-likeness (QED) is 0.361. The summed E-state index contributed by atoms with van der Waals surface area (Å²) in [5.74, 6) is -0.134. The third-order valence-electron chi connectivity index (χ3n) is 6.87. The van der Waals surface area contributed by atoms with Gasteiger partial charge in [-0.1, -0.05) is 17.4 Å². The van der Waals surface area contributed by atoms with Crippen molar-refractivity contribution in [3.63, 3.8) is 0 Å². The number of fused-ring (bicyclic) bond motifs is 1. The molecule has 1 unspecified atom stereocenters. The predicted octanol–water partition coefficient (Wildman–Crippen LogP) is 5.82. The first-order chi connectivity index (χ1) is 19.6. The molecule has 1 N–H and O–H groups in total. The van der Waals surface area contributed by atoms with Gasteiger partial charge in [-0.3, -0.25) is 4.79 Å². The Kier molecular flexibility index (Phi) is 7.82. The number of halogens is 4. The average Bonchev–Trinajstić information content (AvgIpc) is 3.28. The Labute approximate surface area is 233 Å². The van der Waals surface area contributed by atoms with Crippen LogP contribution in [0.5, 0.6) is 5.75 Å². The van der Waals surface area contributed by atoms with E-state index < -0.39 is 30.5 Å². The summed E-state index contributed by atoms with van der Waals surface area (Å²) in [6.07, 6.45) is 2.84. The number of aromatic nitrogens is 3. The number of nitrogens with one attached hydrogen (secondary N) is 1. The Bertz CT molecular complexity index is 1530. The minimum absolute atomic E-state index is 0.0535. The number of hydrogen-bond acceptors (Lipinski definition) is 6. The standard InChI is InChI=1S/C29H27F4N5O3/c1-40-21-10-8-19(9-11-21)34-20-7-6-18(14-22(15-20)41-2)25-16-38(36-35-25)27-13-12-23-24(30)4-3-5-26(23)37(28(27)39)17-29(31,32)33/h3-11,14,16,27,34H,12-13,15,17H2,1-2H3. The van der Waals surface area contributed by atoms with Crippen LogP contribution in [0, 0.1) is 5.82 Å².